The van der Waals surface area contributed by atoms with Gasteiger partial charge in [0, 0.05) is 24.8 Å². The summed E-state index contributed by atoms with van der Waals surface area (Å²) in [6, 6.07) is 8.23. The molecule has 2 aromatic rings. The first kappa shape index (κ1) is 16.7. The molecule has 3 rings (SSSR count). The first-order valence-electron chi connectivity index (χ1n) is 8.59. The van der Waals surface area contributed by atoms with Gasteiger partial charge in [0.1, 0.15) is 0 Å². The van der Waals surface area contributed by atoms with Crippen LogP contribution in [0.4, 0.5) is 0 Å². The van der Waals surface area contributed by atoms with Crippen LogP contribution < -0.4 is 0 Å². The minimum Gasteiger partial charge on any atom is -0.481 e. The number of hydrogen-bond donors (Lipinski definition) is 1. The standard InChI is InChI=1S/C19H25N3O2/c1-3-19(18(23)24)8-5-9-21(14-19)12-16-11-20-22(13-16)17-7-4-6-15(2)10-17/h4,6-7,10-11,13H,3,5,8-9,12,14H2,1-2H3,(H,23,24)/t19-/m1/s1. The number of piperidine rings is 1. The van der Waals surface area contributed by atoms with Crippen LogP contribution in [0.3, 0.4) is 0 Å². The van der Waals surface area contributed by atoms with Crippen molar-refractivity contribution in [3.63, 3.8) is 0 Å². The fourth-order valence-electron chi connectivity index (χ4n) is 3.59. The molecule has 1 fully saturated rings. The van der Waals surface area contributed by atoms with E-state index in [0.717, 1.165) is 37.2 Å². The van der Waals surface area contributed by atoms with Gasteiger partial charge in [0.15, 0.2) is 0 Å². The van der Waals surface area contributed by atoms with E-state index < -0.39 is 11.4 Å². The van der Waals surface area contributed by atoms with Gasteiger partial charge in [-0.1, -0.05) is 19.1 Å². The normalized spacial score (nSPS) is 21.8. The molecular weight excluding hydrogens is 302 g/mol. The Bertz CT molecular complexity index is 725. The van der Waals surface area contributed by atoms with Crippen molar-refractivity contribution < 1.29 is 9.90 Å². The van der Waals surface area contributed by atoms with E-state index in [1.165, 1.54) is 5.56 Å². The maximum Gasteiger partial charge on any atom is 0.310 e. The van der Waals surface area contributed by atoms with Crippen molar-refractivity contribution in [2.24, 2.45) is 5.41 Å². The number of nitrogens with zero attached hydrogens (tertiary/aromatic N) is 3. The highest BCUT2D eigenvalue weighted by Crippen LogP contribution is 2.34. The van der Waals surface area contributed by atoms with Gasteiger partial charge < -0.3 is 5.11 Å². The lowest BCUT2D eigenvalue weighted by atomic mass is 9.77. The molecule has 1 aliphatic rings. The third-order valence-corrected chi connectivity index (χ3v) is 5.09. The SMILES string of the molecule is CC[C@@]1(C(=O)O)CCCN(Cc2cnn(-c3cccc(C)c3)c2)C1. The minimum absolute atomic E-state index is 0.592. The van der Waals surface area contributed by atoms with Crippen molar-refractivity contribution >= 4 is 5.97 Å². The van der Waals surface area contributed by atoms with Gasteiger partial charge in [-0.3, -0.25) is 9.69 Å². The lowest BCUT2D eigenvalue weighted by molar-refractivity contribution is -0.153. The molecule has 1 aliphatic heterocycles. The zero-order valence-corrected chi connectivity index (χ0v) is 14.4. The summed E-state index contributed by atoms with van der Waals surface area (Å²) in [6.45, 7) is 6.37. The van der Waals surface area contributed by atoms with Crippen molar-refractivity contribution in [2.75, 3.05) is 13.1 Å². The highest BCUT2D eigenvalue weighted by atomic mass is 16.4. The summed E-state index contributed by atoms with van der Waals surface area (Å²) in [6.07, 6.45) is 6.31. The van der Waals surface area contributed by atoms with Gasteiger partial charge in [0.25, 0.3) is 0 Å². The second kappa shape index (κ2) is 6.77. The molecule has 24 heavy (non-hydrogen) atoms. The van der Waals surface area contributed by atoms with Crippen LogP contribution in [0.5, 0.6) is 0 Å². The average Bonchev–Trinajstić information content (AvgIpc) is 3.03. The molecule has 0 unspecified atom stereocenters. The minimum atomic E-state index is -0.662. The summed E-state index contributed by atoms with van der Waals surface area (Å²) in [4.78, 5) is 13.9. The molecule has 0 amide bonds. The predicted molar refractivity (Wildman–Crippen MR) is 93.2 cm³/mol. The third kappa shape index (κ3) is 3.36. The van der Waals surface area contributed by atoms with E-state index >= 15 is 0 Å². The maximum absolute atomic E-state index is 11.7. The molecule has 5 heteroatoms. The number of carbonyl (C=O) groups is 1. The zero-order chi connectivity index (χ0) is 17.2. The summed E-state index contributed by atoms with van der Waals surface area (Å²) in [5.74, 6) is -0.662. The second-order valence-electron chi connectivity index (χ2n) is 6.89. The predicted octanol–water partition coefficient (Wildman–Crippen LogP) is 3.26. The van der Waals surface area contributed by atoms with Crippen LogP contribution in [0.15, 0.2) is 36.7 Å². The average molecular weight is 327 g/mol. The molecule has 1 saturated heterocycles. The molecular formula is C19H25N3O2. The van der Waals surface area contributed by atoms with Gasteiger partial charge >= 0.3 is 5.97 Å². The van der Waals surface area contributed by atoms with E-state index in [9.17, 15) is 9.90 Å². The molecule has 1 N–H and O–H groups in total. The van der Waals surface area contributed by atoms with Crippen molar-refractivity contribution in [2.45, 2.75) is 39.7 Å². The van der Waals surface area contributed by atoms with Crippen LogP contribution in [-0.4, -0.2) is 38.8 Å². The Morgan fingerprint density at radius 3 is 2.96 bits per heavy atom. The number of aromatic nitrogens is 2. The Morgan fingerprint density at radius 2 is 2.25 bits per heavy atom. The molecule has 0 spiro atoms. The van der Waals surface area contributed by atoms with Gasteiger partial charge in [0.2, 0.25) is 0 Å². The number of benzene rings is 1. The van der Waals surface area contributed by atoms with E-state index in [2.05, 4.69) is 29.1 Å². The van der Waals surface area contributed by atoms with Crippen LogP contribution in [0.1, 0.15) is 37.3 Å². The molecule has 1 atom stereocenters. The summed E-state index contributed by atoms with van der Waals surface area (Å²) < 4.78 is 1.89. The highest BCUT2D eigenvalue weighted by Gasteiger charge is 2.40. The Hall–Kier alpha value is -2.14. The molecule has 5 nitrogen and oxygen atoms in total. The molecule has 128 valence electrons. The number of aliphatic carboxylic acids is 1. The summed E-state index contributed by atoms with van der Waals surface area (Å²) in [5.41, 5.74) is 2.78. The van der Waals surface area contributed by atoms with Crippen molar-refractivity contribution in [1.29, 1.82) is 0 Å². The molecule has 2 heterocycles. The lowest BCUT2D eigenvalue weighted by Crippen LogP contribution is -2.47. The van der Waals surface area contributed by atoms with Crippen LogP contribution in [0, 0.1) is 12.3 Å². The molecule has 1 aromatic heterocycles. The van der Waals surface area contributed by atoms with Crippen LogP contribution in [0.2, 0.25) is 0 Å². The molecule has 0 bridgehead atoms. The van der Waals surface area contributed by atoms with E-state index in [1.54, 1.807) is 0 Å². The number of carboxylic acid groups (broad SMARTS) is 1. The Balaban J connectivity index is 1.72. The number of likely N-dealkylation sites (tertiary alicyclic amines) is 1. The fraction of sp³-hybridized carbons (Fsp3) is 0.474. The van der Waals surface area contributed by atoms with E-state index in [-0.39, 0.29) is 0 Å². The quantitative estimate of drug-likeness (QED) is 0.916. The second-order valence-corrected chi connectivity index (χ2v) is 6.89. The molecule has 0 saturated carbocycles. The molecule has 0 aliphatic carbocycles. The van der Waals surface area contributed by atoms with Crippen molar-refractivity contribution in [3.8, 4) is 5.69 Å². The van der Waals surface area contributed by atoms with E-state index in [1.807, 2.05) is 36.1 Å². The Labute approximate surface area is 142 Å². The molecule has 1 aromatic carbocycles. The van der Waals surface area contributed by atoms with Gasteiger partial charge in [-0.05, 0) is 50.4 Å². The zero-order valence-electron chi connectivity index (χ0n) is 14.4. The fourth-order valence-corrected chi connectivity index (χ4v) is 3.59. The van der Waals surface area contributed by atoms with E-state index in [0.29, 0.717) is 13.0 Å². The molecule has 0 radical (unpaired) electrons. The summed E-state index contributed by atoms with van der Waals surface area (Å²) >= 11 is 0. The summed E-state index contributed by atoms with van der Waals surface area (Å²) in [7, 11) is 0. The third-order valence-electron chi connectivity index (χ3n) is 5.09. The monoisotopic (exact) mass is 327 g/mol. The lowest BCUT2D eigenvalue weighted by Gasteiger charge is -2.39. The van der Waals surface area contributed by atoms with Crippen LogP contribution >= 0.6 is 0 Å². The first-order chi connectivity index (χ1) is 11.5. The summed E-state index contributed by atoms with van der Waals surface area (Å²) in [5, 5.41) is 14.1. The number of aryl methyl sites for hydroxylation is 1. The largest absolute Gasteiger partial charge is 0.481 e. The smallest absolute Gasteiger partial charge is 0.310 e. The maximum atomic E-state index is 11.7. The topological polar surface area (TPSA) is 58.4 Å². The van der Waals surface area contributed by atoms with Crippen LogP contribution in [0.25, 0.3) is 5.69 Å². The number of hydrogen-bond acceptors (Lipinski definition) is 3. The van der Waals surface area contributed by atoms with E-state index in [4.69, 9.17) is 0 Å². The van der Waals surface area contributed by atoms with Crippen molar-refractivity contribution in [3.05, 3.63) is 47.8 Å². The van der Waals surface area contributed by atoms with Crippen molar-refractivity contribution in [1.82, 2.24) is 14.7 Å². The van der Waals surface area contributed by atoms with Crippen LogP contribution in [-0.2, 0) is 11.3 Å². The highest BCUT2D eigenvalue weighted by molar-refractivity contribution is 5.75. The van der Waals surface area contributed by atoms with Gasteiger partial charge in [-0.25, -0.2) is 4.68 Å². The van der Waals surface area contributed by atoms with Gasteiger partial charge in [-0.15, -0.1) is 0 Å². The van der Waals surface area contributed by atoms with Gasteiger partial charge in [-0.2, -0.15) is 5.10 Å². The number of rotatable bonds is 5. The van der Waals surface area contributed by atoms with Gasteiger partial charge in [0.05, 0.1) is 17.3 Å². The first-order valence-corrected chi connectivity index (χ1v) is 8.59. The Morgan fingerprint density at radius 1 is 1.42 bits per heavy atom. The Kier molecular flexibility index (Phi) is 4.71. The number of carboxylic acids is 1.